The Balaban J connectivity index is 1.91. The van der Waals surface area contributed by atoms with E-state index in [-0.39, 0.29) is 0 Å². The van der Waals surface area contributed by atoms with E-state index in [1.165, 1.54) is 0 Å². The first-order valence-electron chi connectivity index (χ1n) is 6.86. The molecule has 0 radical (unpaired) electrons. The summed E-state index contributed by atoms with van der Waals surface area (Å²) in [6, 6.07) is 9.53. The Morgan fingerprint density at radius 2 is 2.05 bits per heavy atom. The largest absolute Gasteiger partial charge is 0.497 e. The molecule has 2 aromatic rings. The number of rotatable bonds is 8. The number of ether oxygens (including phenoxy) is 2. The van der Waals surface area contributed by atoms with Crippen LogP contribution in [-0.2, 0) is 13.2 Å². The fourth-order valence-corrected chi connectivity index (χ4v) is 1.89. The van der Waals surface area contributed by atoms with Gasteiger partial charge in [-0.05, 0) is 31.2 Å². The van der Waals surface area contributed by atoms with Gasteiger partial charge in [0.15, 0.2) is 0 Å². The van der Waals surface area contributed by atoms with Crippen molar-refractivity contribution in [3.05, 3.63) is 47.9 Å². The smallest absolute Gasteiger partial charge is 0.146 e. The molecule has 0 bridgehead atoms. The molecular weight excluding hydrogens is 254 g/mol. The zero-order chi connectivity index (χ0) is 14.2. The van der Waals surface area contributed by atoms with E-state index in [9.17, 15) is 0 Å². The van der Waals surface area contributed by atoms with Crippen LogP contribution in [0.4, 0.5) is 0 Å². The summed E-state index contributed by atoms with van der Waals surface area (Å²) >= 11 is 0. The Kier molecular flexibility index (Phi) is 5.50. The first kappa shape index (κ1) is 14.5. The normalized spacial score (nSPS) is 10.5. The van der Waals surface area contributed by atoms with Crippen molar-refractivity contribution in [3.63, 3.8) is 0 Å². The standard InChI is InChI=1S/C16H21NO3/c1-3-8-17-11-13-7-9-19-16(13)12-20-15-6-4-5-14(10-15)18-2/h4-7,9-10,17H,3,8,11-12H2,1-2H3. The van der Waals surface area contributed by atoms with Crippen molar-refractivity contribution >= 4 is 0 Å². The topological polar surface area (TPSA) is 43.6 Å². The highest BCUT2D eigenvalue weighted by atomic mass is 16.5. The third-order valence-corrected chi connectivity index (χ3v) is 2.99. The van der Waals surface area contributed by atoms with E-state index in [1.54, 1.807) is 13.4 Å². The molecule has 0 amide bonds. The molecular formula is C16H21NO3. The van der Waals surface area contributed by atoms with Crippen LogP contribution in [0.15, 0.2) is 41.0 Å². The molecule has 0 saturated carbocycles. The molecule has 0 unspecified atom stereocenters. The molecule has 0 spiro atoms. The Labute approximate surface area is 119 Å². The molecule has 1 aromatic carbocycles. The van der Waals surface area contributed by atoms with Gasteiger partial charge in [0.2, 0.25) is 0 Å². The van der Waals surface area contributed by atoms with E-state index in [4.69, 9.17) is 13.9 Å². The van der Waals surface area contributed by atoms with Gasteiger partial charge in [-0.25, -0.2) is 0 Å². The van der Waals surface area contributed by atoms with Crippen LogP contribution in [0.5, 0.6) is 11.5 Å². The van der Waals surface area contributed by atoms with E-state index >= 15 is 0 Å². The Hall–Kier alpha value is -1.94. The summed E-state index contributed by atoms with van der Waals surface area (Å²) in [5.41, 5.74) is 1.14. The fraction of sp³-hybridized carbons (Fsp3) is 0.375. The first-order valence-corrected chi connectivity index (χ1v) is 6.86. The van der Waals surface area contributed by atoms with Crippen LogP contribution in [0.2, 0.25) is 0 Å². The maximum Gasteiger partial charge on any atom is 0.146 e. The van der Waals surface area contributed by atoms with Crippen LogP contribution in [0, 0.1) is 0 Å². The van der Waals surface area contributed by atoms with Crippen molar-refractivity contribution in [1.82, 2.24) is 5.32 Å². The fourth-order valence-electron chi connectivity index (χ4n) is 1.89. The lowest BCUT2D eigenvalue weighted by molar-refractivity contribution is 0.266. The highest BCUT2D eigenvalue weighted by Gasteiger charge is 2.07. The third kappa shape index (κ3) is 4.03. The third-order valence-electron chi connectivity index (χ3n) is 2.99. The molecule has 4 nitrogen and oxygen atoms in total. The van der Waals surface area contributed by atoms with E-state index in [1.807, 2.05) is 30.3 Å². The average molecular weight is 275 g/mol. The highest BCUT2D eigenvalue weighted by molar-refractivity contribution is 5.33. The molecule has 0 atom stereocenters. The van der Waals surface area contributed by atoms with Gasteiger partial charge in [-0.2, -0.15) is 0 Å². The molecule has 0 aliphatic carbocycles. The quantitative estimate of drug-likeness (QED) is 0.750. The molecule has 0 aliphatic rings. The molecule has 1 heterocycles. The first-order chi connectivity index (χ1) is 9.83. The van der Waals surface area contributed by atoms with Crippen molar-refractivity contribution in [2.24, 2.45) is 0 Å². The summed E-state index contributed by atoms with van der Waals surface area (Å²) in [5.74, 6) is 2.41. The average Bonchev–Trinajstić information content (AvgIpc) is 2.93. The molecule has 2 rings (SSSR count). The maximum atomic E-state index is 5.74. The summed E-state index contributed by atoms with van der Waals surface area (Å²) in [6.45, 7) is 4.38. The zero-order valence-electron chi connectivity index (χ0n) is 12.0. The Bertz CT molecular complexity index is 522. The summed E-state index contributed by atoms with van der Waals surface area (Å²) in [5, 5.41) is 3.36. The van der Waals surface area contributed by atoms with Crippen LogP contribution < -0.4 is 14.8 Å². The van der Waals surface area contributed by atoms with Crippen molar-refractivity contribution in [1.29, 1.82) is 0 Å². The molecule has 108 valence electrons. The van der Waals surface area contributed by atoms with Gasteiger partial charge in [0, 0.05) is 18.2 Å². The molecule has 0 fully saturated rings. The minimum absolute atomic E-state index is 0.420. The lowest BCUT2D eigenvalue weighted by Gasteiger charge is -2.08. The second kappa shape index (κ2) is 7.60. The van der Waals surface area contributed by atoms with Gasteiger partial charge in [-0.1, -0.05) is 13.0 Å². The number of hydrogen-bond acceptors (Lipinski definition) is 4. The number of hydrogen-bond donors (Lipinski definition) is 1. The van der Waals surface area contributed by atoms with Gasteiger partial charge < -0.3 is 19.2 Å². The molecule has 4 heteroatoms. The second-order valence-electron chi connectivity index (χ2n) is 4.51. The van der Waals surface area contributed by atoms with E-state index < -0.39 is 0 Å². The van der Waals surface area contributed by atoms with Gasteiger partial charge in [-0.15, -0.1) is 0 Å². The van der Waals surface area contributed by atoms with Crippen molar-refractivity contribution in [3.8, 4) is 11.5 Å². The number of methoxy groups -OCH3 is 1. The van der Waals surface area contributed by atoms with Gasteiger partial charge in [-0.3, -0.25) is 0 Å². The van der Waals surface area contributed by atoms with Crippen LogP contribution in [0.3, 0.4) is 0 Å². The summed E-state index contributed by atoms with van der Waals surface area (Å²) in [7, 11) is 1.64. The summed E-state index contributed by atoms with van der Waals surface area (Å²) in [6.07, 6.45) is 2.82. The number of nitrogens with one attached hydrogen (secondary N) is 1. The summed E-state index contributed by atoms with van der Waals surface area (Å²) < 4.78 is 16.4. The lowest BCUT2D eigenvalue weighted by Crippen LogP contribution is -2.14. The van der Waals surface area contributed by atoms with Crippen LogP contribution in [-0.4, -0.2) is 13.7 Å². The van der Waals surface area contributed by atoms with Crippen LogP contribution in [0.1, 0.15) is 24.7 Å². The van der Waals surface area contributed by atoms with Gasteiger partial charge in [0.25, 0.3) is 0 Å². The Morgan fingerprint density at radius 3 is 2.85 bits per heavy atom. The molecule has 0 aliphatic heterocycles. The predicted molar refractivity (Wildman–Crippen MR) is 78.0 cm³/mol. The minimum atomic E-state index is 0.420. The number of benzene rings is 1. The van der Waals surface area contributed by atoms with E-state index in [0.29, 0.717) is 6.61 Å². The Morgan fingerprint density at radius 1 is 1.20 bits per heavy atom. The van der Waals surface area contributed by atoms with Gasteiger partial charge >= 0.3 is 0 Å². The monoisotopic (exact) mass is 275 g/mol. The van der Waals surface area contributed by atoms with Crippen molar-refractivity contribution in [2.75, 3.05) is 13.7 Å². The van der Waals surface area contributed by atoms with E-state index in [2.05, 4.69) is 12.2 Å². The van der Waals surface area contributed by atoms with Crippen LogP contribution >= 0.6 is 0 Å². The SMILES string of the molecule is CCCNCc1ccoc1COc1cccc(OC)c1. The molecule has 0 saturated heterocycles. The van der Waals surface area contributed by atoms with E-state index in [0.717, 1.165) is 42.3 Å². The molecule has 1 aromatic heterocycles. The second-order valence-corrected chi connectivity index (χ2v) is 4.51. The lowest BCUT2D eigenvalue weighted by atomic mass is 10.2. The molecule has 1 N–H and O–H groups in total. The van der Waals surface area contributed by atoms with Gasteiger partial charge in [0.05, 0.1) is 13.4 Å². The van der Waals surface area contributed by atoms with Crippen LogP contribution in [0.25, 0.3) is 0 Å². The van der Waals surface area contributed by atoms with Gasteiger partial charge in [0.1, 0.15) is 23.9 Å². The molecule has 20 heavy (non-hydrogen) atoms. The van der Waals surface area contributed by atoms with Crippen molar-refractivity contribution in [2.45, 2.75) is 26.5 Å². The predicted octanol–water partition coefficient (Wildman–Crippen LogP) is 3.37. The number of furan rings is 1. The zero-order valence-corrected chi connectivity index (χ0v) is 12.0. The maximum absolute atomic E-state index is 5.74. The minimum Gasteiger partial charge on any atom is -0.497 e. The highest BCUT2D eigenvalue weighted by Crippen LogP contribution is 2.21. The summed E-state index contributed by atoms with van der Waals surface area (Å²) in [4.78, 5) is 0. The van der Waals surface area contributed by atoms with Crippen molar-refractivity contribution < 1.29 is 13.9 Å².